The lowest BCUT2D eigenvalue weighted by atomic mass is 9.85. The quantitative estimate of drug-likeness (QED) is 0.861. The highest BCUT2D eigenvalue weighted by Gasteiger charge is 2.29. The van der Waals surface area contributed by atoms with Crippen molar-refractivity contribution in [1.29, 1.82) is 0 Å². The zero-order chi connectivity index (χ0) is 14.6. The minimum Gasteiger partial charge on any atom is -0.495 e. The standard InChI is InChI=1S/C14H22N2O3S.ClH/c1-19-13-8-4-5-9-14(13)20(17,18)16-12-7-3-2-6-11(12)10-15;/h4-5,8-9,11-12,16H,2-3,6-7,10,15H2,1H3;1H. The van der Waals surface area contributed by atoms with Gasteiger partial charge in [-0.1, -0.05) is 25.0 Å². The second-order valence-corrected chi connectivity index (χ2v) is 6.84. The average Bonchev–Trinajstić information content (AvgIpc) is 2.47. The van der Waals surface area contributed by atoms with Crippen molar-refractivity contribution in [2.45, 2.75) is 36.6 Å². The molecule has 7 heteroatoms. The molecule has 0 spiro atoms. The number of halogens is 1. The maximum absolute atomic E-state index is 12.5. The van der Waals surface area contributed by atoms with E-state index >= 15 is 0 Å². The Balaban J connectivity index is 0.00000220. The maximum atomic E-state index is 12.5. The molecule has 0 bridgehead atoms. The molecule has 1 aromatic rings. The Hall–Kier alpha value is -0.820. The zero-order valence-electron chi connectivity index (χ0n) is 12.1. The third-order valence-corrected chi connectivity index (χ3v) is 5.41. The molecule has 3 N–H and O–H groups in total. The summed E-state index contributed by atoms with van der Waals surface area (Å²) in [7, 11) is -2.11. The van der Waals surface area contributed by atoms with Gasteiger partial charge in [-0.3, -0.25) is 0 Å². The zero-order valence-corrected chi connectivity index (χ0v) is 13.8. The van der Waals surface area contributed by atoms with Gasteiger partial charge in [0.25, 0.3) is 0 Å². The van der Waals surface area contributed by atoms with Crippen LogP contribution in [0, 0.1) is 5.92 Å². The van der Waals surface area contributed by atoms with Crippen LogP contribution in [0.5, 0.6) is 5.75 Å². The van der Waals surface area contributed by atoms with Crippen LogP contribution in [0.4, 0.5) is 0 Å². The van der Waals surface area contributed by atoms with Gasteiger partial charge in [0.15, 0.2) is 0 Å². The number of methoxy groups -OCH3 is 1. The minimum atomic E-state index is -3.58. The molecule has 2 unspecified atom stereocenters. The van der Waals surface area contributed by atoms with Gasteiger partial charge in [0.2, 0.25) is 10.0 Å². The lowest BCUT2D eigenvalue weighted by Gasteiger charge is -2.31. The van der Waals surface area contributed by atoms with Crippen molar-refractivity contribution < 1.29 is 13.2 Å². The van der Waals surface area contributed by atoms with Crippen LogP contribution in [0.2, 0.25) is 0 Å². The van der Waals surface area contributed by atoms with Crippen molar-refractivity contribution >= 4 is 22.4 Å². The van der Waals surface area contributed by atoms with Crippen LogP contribution < -0.4 is 15.2 Å². The highest BCUT2D eigenvalue weighted by atomic mass is 35.5. The van der Waals surface area contributed by atoms with E-state index in [-0.39, 0.29) is 29.3 Å². The molecule has 0 saturated heterocycles. The molecule has 2 rings (SSSR count). The molecule has 1 aliphatic carbocycles. The fraction of sp³-hybridized carbons (Fsp3) is 0.571. The Morgan fingerprint density at radius 2 is 1.95 bits per heavy atom. The Labute approximate surface area is 132 Å². The summed E-state index contributed by atoms with van der Waals surface area (Å²) in [4.78, 5) is 0.184. The monoisotopic (exact) mass is 334 g/mol. The molecule has 0 aromatic heterocycles. The summed E-state index contributed by atoms with van der Waals surface area (Å²) in [5, 5.41) is 0. The van der Waals surface area contributed by atoms with Gasteiger partial charge in [-0.2, -0.15) is 0 Å². The van der Waals surface area contributed by atoms with Crippen LogP contribution in [0.25, 0.3) is 0 Å². The van der Waals surface area contributed by atoms with E-state index in [1.54, 1.807) is 24.3 Å². The lowest BCUT2D eigenvalue weighted by Crippen LogP contribution is -2.44. The summed E-state index contributed by atoms with van der Waals surface area (Å²) in [5.41, 5.74) is 5.75. The first kappa shape index (κ1) is 18.2. The third-order valence-electron chi connectivity index (χ3n) is 3.88. The van der Waals surface area contributed by atoms with Crippen molar-refractivity contribution in [3.63, 3.8) is 0 Å². The van der Waals surface area contributed by atoms with Gasteiger partial charge < -0.3 is 10.5 Å². The van der Waals surface area contributed by atoms with E-state index in [0.717, 1.165) is 25.7 Å². The molecule has 0 radical (unpaired) electrons. The van der Waals surface area contributed by atoms with Crippen LogP contribution >= 0.6 is 12.4 Å². The van der Waals surface area contributed by atoms with Crippen molar-refractivity contribution in [2.24, 2.45) is 11.7 Å². The van der Waals surface area contributed by atoms with Gasteiger partial charge in [-0.05, 0) is 37.4 Å². The Morgan fingerprint density at radius 3 is 2.62 bits per heavy atom. The number of benzene rings is 1. The van der Waals surface area contributed by atoms with Crippen molar-refractivity contribution in [3.05, 3.63) is 24.3 Å². The normalized spacial score (nSPS) is 22.4. The Bertz CT molecular complexity index is 551. The number of ether oxygens (including phenoxy) is 1. The van der Waals surface area contributed by atoms with Crippen LogP contribution in [0.15, 0.2) is 29.2 Å². The lowest BCUT2D eigenvalue weighted by molar-refractivity contribution is 0.295. The number of nitrogens with one attached hydrogen (secondary N) is 1. The molecule has 21 heavy (non-hydrogen) atoms. The highest BCUT2D eigenvalue weighted by Crippen LogP contribution is 2.27. The van der Waals surface area contributed by atoms with E-state index in [9.17, 15) is 8.42 Å². The van der Waals surface area contributed by atoms with Crippen molar-refractivity contribution in [1.82, 2.24) is 4.72 Å². The van der Waals surface area contributed by atoms with Gasteiger partial charge in [0, 0.05) is 6.04 Å². The van der Waals surface area contributed by atoms with Gasteiger partial charge in [-0.15, -0.1) is 12.4 Å². The smallest absolute Gasteiger partial charge is 0.244 e. The molecule has 0 amide bonds. The largest absolute Gasteiger partial charge is 0.495 e. The molecular weight excluding hydrogens is 312 g/mol. The molecule has 120 valence electrons. The Kier molecular flexibility index (Phi) is 6.93. The summed E-state index contributed by atoms with van der Waals surface area (Å²) in [6.07, 6.45) is 3.98. The van der Waals surface area contributed by atoms with Crippen molar-refractivity contribution in [2.75, 3.05) is 13.7 Å². The van der Waals surface area contributed by atoms with Crippen LogP contribution in [-0.4, -0.2) is 28.1 Å². The number of hydrogen-bond donors (Lipinski definition) is 2. The first-order valence-electron chi connectivity index (χ1n) is 6.94. The number of sulfonamides is 1. The van der Waals surface area contributed by atoms with Crippen molar-refractivity contribution in [3.8, 4) is 5.75 Å². The summed E-state index contributed by atoms with van der Waals surface area (Å²) >= 11 is 0. The minimum absolute atomic E-state index is 0. The predicted octanol–water partition coefficient (Wildman–Crippen LogP) is 1.91. The Morgan fingerprint density at radius 1 is 1.29 bits per heavy atom. The second-order valence-electron chi connectivity index (χ2n) is 5.16. The predicted molar refractivity (Wildman–Crippen MR) is 85.4 cm³/mol. The fourth-order valence-corrected chi connectivity index (χ4v) is 4.26. The molecular formula is C14H23ClN2O3S. The number of para-hydroxylation sites is 1. The van der Waals surface area contributed by atoms with Crippen LogP contribution in [-0.2, 0) is 10.0 Å². The van der Waals surface area contributed by atoms with E-state index in [1.165, 1.54) is 7.11 Å². The number of nitrogens with two attached hydrogens (primary N) is 1. The first-order valence-corrected chi connectivity index (χ1v) is 8.42. The van der Waals surface area contributed by atoms with Gasteiger partial charge in [0.1, 0.15) is 10.6 Å². The molecule has 1 fully saturated rings. The summed E-state index contributed by atoms with van der Waals surface area (Å²) in [6.45, 7) is 0.513. The molecule has 2 atom stereocenters. The molecule has 0 heterocycles. The van der Waals surface area contributed by atoms with Gasteiger partial charge in [0.05, 0.1) is 7.11 Å². The highest BCUT2D eigenvalue weighted by molar-refractivity contribution is 7.89. The molecule has 1 aromatic carbocycles. The third kappa shape index (κ3) is 4.32. The van der Waals surface area contributed by atoms with E-state index in [0.29, 0.717) is 12.3 Å². The number of hydrogen-bond acceptors (Lipinski definition) is 4. The molecule has 0 aliphatic heterocycles. The molecule has 1 saturated carbocycles. The van der Waals surface area contributed by atoms with E-state index < -0.39 is 10.0 Å². The van der Waals surface area contributed by atoms with E-state index in [4.69, 9.17) is 10.5 Å². The SMILES string of the molecule is COc1ccccc1S(=O)(=O)NC1CCCCC1CN.Cl. The number of rotatable bonds is 5. The van der Waals surface area contributed by atoms with E-state index in [2.05, 4.69) is 4.72 Å². The first-order chi connectivity index (χ1) is 9.58. The maximum Gasteiger partial charge on any atom is 0.244 e. The van der Waals surface area contributed by atoms with Gasteiger partial charge >= 0.3 is 0 Å². The summed E-state index contributed by atoms with van der Waals surface area (Å²) in [6, 6.07) is 6.57. The topological polar surface area (TPSA) is 81.4 Å². The second kappa shape index (κ2) is 7.98. The summed E-state index contributed by atoms with van der Waals surface area (Å²) < 4.78 is 32.9. The van der Waals surface area contributed by atoms with Crippen LogP contribution in [0.3, 0.4) is 0 Å². The average molecular weight is 335 g/mol. The van der Waals surface area contributed by atoms with E-state index in [1.807, 2.05) is 0 Å². The molecule has 1 aliphatic rings. The summed E-state index contributed by atoms with van der Waals surface area (Å²) in [5.74, 6) is 0.577. The van der Waals surface area contributed by atoms with Gasteiger partial charge in [-0.25, -0.2) is 13.1 Å². The van der Waals surface area contributed by atoms with Crippen LogP contribution in [0.1, 0.15) is 25.7 Å². The fourth-order valence-electron chi connectivity index (χ4n) is 2.75. The molecule has 5 nitrogen and oxygen atoms in total.